The van der Waals surface area contributed by atoms with Crippen LogP contribution in [-0.2, 0) is 5.41 Å². The summed E-state index contributed by atoms with van der Waals surface area (Å²) >= 11 is 0. The summed E-state index contributed by atoms with van der Waals surface area (Å²) in [7, 11) is -1.81. The molecule has 4 aliphatic rings. The molecule has 4 aliphatic carbocycles. The van der Waals surface area contributed by atoms with Gasteiger partial charge < -0.3 is 4.57 Å². The first kappa shape index (κ1) is 48.9. The highest BCUT2D eigenvalue weighted by Gasteiger charge is 2.56. The highest BCUT2D eigenvalue weighted by atomic mass is 28.3. The molecule has 2 saturated carbocycles. The normalized spacial score (nSPS) is 23.0. The molecule has 0 heterocycles. The van der Waals surface area contributed by atoms with E-state index in [1.807, 2.05) is 0 Å². The van der Waals surface area contributed by atoms with Crippen LogP contribution >= 0.6 is 0 Å². The first-order valence-electron chi connectivity index (χ1n) is 26.9. The zero-order chi connectivity index (χ0) is 42.1. The van der Waals surface area contributed by atoms with E-state index in [0.29, 0.717) is 11.8 Å². The third-order valence-electron chi connectivity index (χ3n) is 16.5. The van der Waals surface area contributed by atoms with Crippen LogP contribution in [0.5, 0.6) is 0 Å². The van der Waals surface area contributed by atoms with E-state index < -0.39 is 8.24 Å². The van der Waals surface area contributed by atoms with Gasteiger partial charge in [0.05, 0.1) is 0 Å². The van der Waals surface area contributed by atoms with Crippen LogP contribution in [0.15, 0.2) is 42.0 Å². The van der Waals surface area contributed by atoms with Gasteiger partial charge in [-0.05, 0) is 98.4 Å². The van der Waals surface area contributed by atoms with Crippen molar-refractivity contribution in [1.29, 1.82) is 0 Å². The average Bonchev–Trinajstić information content (AvgIpc) is 3.68. The molecule has 0 radical (unpaired) electrons. The van der Waals surface area contributed by atoms with Crippen LogP contribution in [0.4, 0.5) is 0 Å². The summed E-state index contributed by atoms with van der Waals surface area (Å²) in [5.41, 5.74) is 8.07. The van der Waals surface area contributed by atoms with Crippen molar-refractivity contribution in [3.05, 3.63) is 53.1 Å². The molecule has 1 aromatic carbocycles. The lowest BCUT2D eigenvalue weighted by molar-refractivity contribution is 0.139. The van der Waals surface area contributed by atoms with E-state index in [-0.39, 0.29) is 11.0 Å². The molecule has 1 aromatic rings. The summed E-state index contributed by atoms with van der Waals surface area (Å²) in [6.45, 7) is 20.6. The van der Waals surface area contributed by atoms with Crippen molar-refractivity contribution in [2.24, 2.45) is 17.8 Å². The van der Waals surface area contributed by atoms with Crippen LogP contribution in [0.25, 0.3) is 5.57 Å². The van der Waals surface area contributed by atoms with Gasteiger partial charge in [0.15, 0.2) is 0 Å². The minimum atomic E-state index is -1.81. The number of benzene rings is 1. The van der Waals surface area contributed by atoms with Gasteiger partial charge in [0.1, 0.15) is 8.24 Å². The quantitative estimate of drug-likeness (QED) is 0.0574. The Labute approximate surface area is 370 Å². The van der Waals surface area contributed by atoms with Crippen molar-refractivity contribution in [3.63, 3.8) is 0 Å². The lowest BCUT2D eigenvalue weighted by Crippen LogP contribution is -2.65. The standard InChI is InChI=1S/C57H99NSi/c1-9-11-13-15-17-19-21-23-25-27-29-36-42-57(43-37-30-28-26-24-22-20-18-16-14-12-10-2)53-41-35-34-40-50(53)52-46-51-48(45-54(52)57)44-47(3)55(51)59(7,8)58(56(4,5)6)49-38-32-31-33-39-49/h34-35,40-41,45-49,51,55H,9-33,36-39,42-44H2,1-8H3. The zero-order valence-electron chi connectivity index (χ0n) is 40.9. The Hall–Kier alpha value is -1.12. The first-order chi connectivity index (χ1) is 28.6. The number of fused-ring (bicyclic) bond motifs is 4. The lowest BCUT2D eigenvalue weighted by Gasteiger charge is -2.56. The van der Waals surface area contributed by atoms with Gasteiger partial charge in [-0.1, -0.05) is 244 Å². The smallest absolute Gasteiger partial charge is 0.127 e. The van der Waals surface area contributed by atoms with Crippen molar-refractivity contribution in [2.75, 3.05) is 0 Å². The summed E-state index contributed by atoms with van der Waals surface area (Å²) in [6, 6.07) is 10.7. The Kier molecular flexibility index (Phi) is 20.4. The number of hydrogen-bond donors (Lipinski definition) is 0. The second-order valence-electron chi connectivity index (χ2n) is 22.5. The predicted molar refractivity (Wildman–Crippen MR) is 266 cm³/mol. The van der Waals surface area contributed by atoms with Gasteiger partial charge in [-0.15, -0.1) is 0 Å². The second kappa shape index (κ2) is 24.7. The van der Waals surface area contributed by atoms with E-state index in [1.54, 1.807) is 22.3 Å². The molecule has 0 bridgehead atoms. The molecule has 2 heteroatoms. The van der Waals surface area contributed by atoms with Crippen LogP contribution in [0.2, 0.25) is 18.6 Å². The van der Waals surface area contributed by atoms with Crippen LogP contribution in [0.1, 0.15) is 258 Å². The van der Waals surface area contributed by atoms with E-state index >= 15 is 0 Å². The number of hydrogen-bond acceptors (Lipinski definition) is 1. The highest BCUT2D eigenvalue weighted by Crippen LogP contribution is 2.63. The molecular weight excluding hydrogens is 727 g/mol. The molecule has 59 heavy (non-hydrogen) atoms. The van der Waals surface area contributed by atoms with E-state index in [2.05, 4.69) is 95.6 Å². The Morgan fingerprint density at radius 2 is 1.07 bits per heavy atom. The summed E-state index contributed by atoms with van der Waals surface area (Å²) in [5.74, 6) is 2.21. The maximum atomic E-state index is 3.19. The maximum Gasteiger partial charge on any atom is 0.127 e. The molecule has 0 spiro atoms. The molecule has 2 fully saturated rings. The van der Waals surface area contributed by atoms with Crippen LogP contribution in [0, 0.1) is 17.8 Å². The Balaban J connectivity index is 1.29. The molecule has 4 unspecified atom stereocenters. The van der Waals surface area contributed by atoms with Crippen LogP contribution in [-0.4, -0.2) is 24.4 Å². The fraction of sp³-hybridized carbons (Fsp3) is 0.825. The SMILES string of the molecule is CCCCCCCCCCCCCCC1(CCCCCCCCCCCCCC)C2=CC3CC(C)C([Si](C)(C)N(C4CCCCC4)C(C)(C)C)C3C=C2c2ccccc21. The third kappa shape index (κ3) is 13.2. The van der Waals surface area contributed by atoms with Crippen molar-refractivity contribution in [1.82, 2.24) is 4.57 Å². The van der Waals surface area contributed by atoms with Gasteiger partial charge in [-0.3, -0.25) is 0 Å². The van der Waals surface area contributed by atoms with Gasteiger partial charge in [-0.2, -0.15) is 0 Å². The number of allylic oxidation sites excluding steroid dienone is 4. The van der Waals surface area contributed by atoms with E-state index in [9.17, 15) is 0 Å². The molecule has 1 nitrogen and oxygen atoms in total. The van der Waals surface area contributed by atoms with Gasteiger partial charge in [-0.25, -0.2) is 0 Å². The van der Waals surface area contributed by atoms with Crippen molar-refractivity contribution in [3.8, 4) is 0 Å². The van der Waals surface area contributed by atoms with Gasteiger partial charge in [0.25, 0.3) is 0 Å². The number of nitrogens with zero attached hydrogens (tertiary/aromatic N) is 1. The molecule has 336 valence electrons. The molecule has 0 N–H and O–H groups in total. The van der Waals surface area contributed by atoms with Gasteiger partial charge >= 0.3 is 0 Å². The maximum absolute atomic E-state index is 3.19. The van der Waals surface area contributed by atoms with Gasteiger partial charge in [0, 0.05) is 17.0 Å². The minimum Gasteiger partial charge on any atom is -0.316 e. The summed E-state index contributed by atoms with van der Waals surface area (Å²) in [6.07, 6.45) is 51.6. The van der Waals surface area contributed by atoms with Crippen molar-refractivity contribution in [2.45, 2.75) is 283 Å². The lowest BCUT2D eigenvalue weighted by atomic mass is 9.68. The Morgan fingerprint density at radius 3 is 1.54 bits per heavy atom. The average molecular weight is 827 g/mol. The molecule has 0 amide bonds. The predicted octanol–water partition coefficient (Wildman–Crippen LogP) is 18.7. The van der Waals surface area contributed by atoms with Crippen LogP contribution in [0.3, 0.4) is 0 Å². The number of rotatable bonds is 29. The molecule has 4 atom stereocenters. The summed E-state index contributed by atoms with van der Waals surface area (Å²) in [4.78, 5) is 0. The fourth-order valence-electron chi connectivity index (χ4n) is 14.1. The largest absolute Gasteiger partial charge is 0.316 e. The van der Waals surface area contributed by atoms with Gasteiger partial charge in [0.2, 0.25) is 0 Å². The third-order valence-corrected chi connectivity index (χ3v) is 21.3. The Bertz CT molecular complexity index is 1360. The second-order valence-corrected chi connectivity index (χ2v) is 27.0. The molecular formula is C57H99NSi. The zero-order valence-corrected chi connectivity index (χ0v) is 41.9. The molecule has 0 aromatic heterocycles. The number of unbranched alkanes of at least 4 members (excludes halogenated alkanes) is 22. The Morgan fingerprint density at radius 1 is 0.610 bits per heavy atom. The molecule has 5 rings (SSSR count). The van der Waals surface area contributed by atoms with E-state index in [4.69, 9.17) is 0 Å². The monoisotopic (exact) mass is 826 g/mol. The van der Waals surface area contributed by atoms with Crippen molar-refractivity contribution < 1.29 is 0 Å². The van der Waals surface area contributed by atoms with Crippen LogP contribution < -0.4 is 0 Å². The first-order valence-corrected chi connectivity index (χ1v) is 29.9. The van der Waals surface area contributed by atoms with E-state index in [1.165, 1.54) is 205 Å². The molecule has 0 saturated heterocycles. The van der Waals surface area contributed by atoms with E-state index in [0.717, 1.165) is 17.5 Å². The molecule has 0 aliphatic heterocycles. The summed E-state index contributed by atoms with van der Waals surface area (Å²) < 4.78 is 3.19. The van der Waals surface area contributed by atoms with Crippen molar-refractivity contribution >= 4 is 13.8 Å². The minimum absolute atomic E-state index is 0.220. The highest BCUT2D eigenvalue weighted by molar-refractivity contribution is 6.76. The summed E-state index contributed by atoms with van der Waals surface area (Å²) in [5, 5.41) is 0. The fourth-order valence-corrected chi connectivity index (χ4v) is 20.1. The topological polar surface area (TPSA) is 3.24 Å².